The Bertz CT molecular complexity index is 1140. The molecule has 2 atom stereocenters. The van der Waals surface area contributed by atoms with Crippen LogP contribution in [0.5, 0.6) is 0 Å². The summed E-state index contributed by atoms with van der Waals surface area (Å²) >= 11 is 0. The molecule has 190 valence electrons. The molecule has 0 radical (unpaired) electrons. The van der Waals surface area contributed by atoms with E-state index in [2.05, 4.69) is 57.2 Å². The van der Waals surface area contributed by atoms with Gasteiger partial charge in [-0.3, -0.25) is 4.79 Å². The minimum atomic E-state index is -0.224. The van der Waals surface area contributed by atoms with Gasteiger partial charge in [0, 0.05) is 23.7 Å². The number of hydroxylamine groups is 1. The van der Waals surface area contributed by atoms with Crippen molar-refractivity contribution in [2.75, 3.05) is 10.2 Å². The maximum absolute atomic E-state index is 13.2. The summed E-state index contributed by atoms with van der Waals surface area (Å²) in [6, 6.07) is 17.9. The predicted molar refractivity (Wildman–Crippen MR) is 150 cm³/mol. The van der Waals surface area contributed by atoms with Crippen LogP contribution in [0.2, 0.25) is 0 Å². The number of hydrogen-bond acceptors (Lipinski definition) is 4. The number of nitrogens with one attached hydrogen (secondary N) is 1. The summed E-state index contributed by atoms with van der Waals surface area (Å²) in [4.78, 5) is 25.4. The summed E-state index contributed by atoms with van der Waals surface area (Å²) in [6.07, 6.45) is 6.68. The number of para-hydroxylation sites is 1. The summed E-state index contributed by atoms with van der Waals surface area (Å²) in [5, 5.41) is 3.19. The molecule has 7 heteroatoms. The molecule has 2 aliphatic rings. The molecule has 0 amide bonds. The second-order valence-corrected chi connectivity index (χ2v) is 8.96. The van der Waals surface area contributed by atoms with Gasteiger partial charge in [0.05, 0.1) is 5.57 Å². The molecule has 6 nitrogen and oxygen atoms in total. The summed E-state index contributed by atoms with van der Waals surface area (Å²) in [6.45, 7) is 14.3. The van der Waals surface area contributed by atoms with Gasteiger partial charge in [0.15, 0.2) is 5.78 Å². The minimum absolute atomic E-state index is 0. The van der Waals surface area contributed by atoms with Crippen molar-refractivity contribution < 1.29 is 61.0 Å². The van der Waals surface area contributed by atoms with Crippen LogP contribution in [-0.4, -0.2) is 17.7 Å². The van der Waals surface area contributed by atoms with Crippen LogP contribution in [0.4, 0.5) is 11.4 Å². The summed E-state index contributed by atoms with van der Waals surface area (Å²) in [7, 11) is 0. The topological polar surface area (TPSA) is 68.0 Å². The Morgan fingerprint density at radius 3 is 2.32 bits per heavy atom. The van der Waals surface area contributed by atoms with Crippen LogP contribution in [0.25, 0.3) is 5.48 Å². The fourth-order valence-corrected chi connectivity index (χ4v) is 3.54. The summed E-state index contributed by atoms with van der Waals surface area (Å²) < 4.78 is 0. The van der Waals surface area contributed by atoms with Crippen molar-refractivity contribution in [1.82, 2.24) is 0 Å². The van der Waals surface area contributed by atoms with Crippen molar-refractivity contribution in [3.05, 3.63) is 102 Å². The van der Waals surface area contributed by atoms with Gasteiger partial charge in [-0.2, -0.15) is 0 Å². The van der Waals surface area contributed by atoms with Gasteiger partial charge >= 0.3 is 51.4 Å². The van der Waals surface area contributed by atoms with Crippen molar-refractivity contribution in [2.24, 2.45) is 10.9 Å². The van der Waals surface area contributed by atoms with Crippen LogP contribution in [0, 0.1) is 5.92 Å². The normalized spacial score (nSPS) is 20.4. The third-order valence-corrected chi connectivity index (χ3v) is 5.73. The first-order chi connectivity index (χ1) is 17.4. The fourth-order valence-electron chi connectivity index (χ4n) is 3.54. The van der Waals surface area contributed by atoms with E-state index in [4.69, 9.17) is 9.83 Å². The number of rotatable bonds is 8. The molecule has 0 aromatic heterocycles. The first-order valence-electron chi connectivity index (χ1n) is 12.7. The molecule has 37 heavy (non-hydrogen) atoms. The molecule has 2 unspecified atom stereocenters. The Balaban J connectivity index is 0.00000115. The number of Topliss-reactive ketones (excluding diaryl/α,β-unsaturated/α-hetero) is 1. The molecule has 1 saturated carbocycles. The van der Waals surface area contributed by atoms with Crippen LogP contribution in [-0.2, 0) is 16.1 Å². The molecule has 2 aromatic carbocycles. The number of amidine groups is 1. The fraction of sp³-hybridized carbons (Fsp3) is 0.333. The number of anilines is 2. The van der Waals surface area contributed by atoms with Crippen molar-refractivity contribution in [3.63, 3.8) is 0 Å². The van der Waals surface area contributed by atoms with Gasteiger partial charge in [0.1, 0.15) is 11.7 Å². The van der Waals surface area contributed by atoms with Crippen LogP contribution < -0.4 is 61.6 Å². The number of carbonyl (C=O) groups is 1. The maximum Gasteiger partial charge on any atom is 1.00 e. The summed E-state index contributed by atoms with van der Waals surface area (Å²) in [5.74, 6) is 1.16. The summed E-state index contributed by atoms with van der Waals surface area (Å²) in [5.41, 5.74) is 7.87. The SMILES string of the molecule is C=C(/N=C1\C(=C/C)C(=O)C([N-]OC2CC2C)=CN1c1ccc(CC)cc1)Nc1ccccc1.CCC.[K+]. The van der Waals surface area contributed by atoms with Crippen molar-refractivity contribution >= 4 is 23.0 Å². The molecular formula is C30H37KN4O2. The molecule has 0 bridgehead atoms. The van der Waals surface area contributed by atoms with Crippen LogP contribution in [0.3, 0.4) is 0 Å². The van der Waals surface area contributed by atoms with Gasteiger partial charge in [-0.1, -0.05) is 82.8 Å². The number of aryl methyl sites for hydroxylation is 1. The van der Waals surface area contributed by atoms with Crippen molar-refractivity contribution in [1.29, 1.82) is 0 Å². The van der Waals surface area contributed by atoms with E-state index < -0.39 is 0 Å². The quantitative estimate of drug-likeness (QED) is 0.313. The molecule has 0 saturated heterocycles. The molecule has 0 spiro atoms. The molecule has 1 N–H and O–H groups in total. The zero-order valence-corrected chi connectivity index (χ0v) is 26.1. The number of hydrogen-bond donors (Lipinski definition) is 1. The molecule has 1 aliphatic heterocycles. The first-order valence-corrected chi connectivity index (χ1v) is 12.7. The van der Waals surface area contributed by atoms with Gasteiger partial charge in [-0.15, -0.1) is 0 Å². The second-order valence-electron chi connectivity index (χ2n) is 8.96. The average molecular weight is 525 g/mol. The minimum Gasteiger partial charge on any atom is -0.557 e. The van der Waals surface area contributed by atoms with E-state index in [0.717, 1.165) is 24.2 Å². The molecule has 1 fully saturated rings. The largest absolute Gasteiger partial charge is 1.00 e. The van der Waals surface area contributed by atoms with Crippen molar-refractivity contribution in [2.45, 2.75) is 60.0 Å². The smallest absolute Gasteiger partial charge is 0.557 e. The van der Waals surface area contributed by atoms with Gasteiger partial charge in [0.2, 0.25) is 0 Å². The Hall–Kier alpha value is -2.00. The number of ketones is 1. The molecule has 1 heterocycles. The Morgan fingerprint density at radius 1 is 1.16 bits per heavy atom. The standard InChI is InChI=1S/C27H29N4O2.C3H8.K/c1-5-20-12-14-22(15-13-20)31-17-24(30-33-25-16-18(25)3)26(32)23(6-2)27(31)29-19(4)28-21-10-8-7-9-11-21;1-3-2;/h6-15,17-18,25,28H,4-5,16H2,1-3H3;3H2,1-2H3;/q-1;;+1/b23-6-,29-27+;;. The molecule has 4 rings (SSSR count). The van der Waals surface area contributed by atoms with Crippen LogP contribution in [0.1, 0.15) is 53.0 Å². The third-order valence-electron chi connectivity index (χ3n) is 5.73. The molecular weight excluding hydrogens is 487 g/mol. The van der Waals surface area contributed by atoms with Crippen LogP contribution in [0.15, 0.2) is 95.5 Å². The number of aliphatic imine (C=N–C) groups is 1. The number of allylic oxidation sites excluding steroid dienone is 2. The number of nitrogens with zero attached hydrogens (tertiary/aromatic N) is 3. The van der Waals surface area contributed by atoms with Gasteiger partial charge in [-0.05, 0) is 55.5 Å². The first kappa shape index (κ1) is 31.2. The third kappa shape index (κ3) is 8.77. The average Bonchev–Trinajstić information content (AvgIpc) is 3.59. The number of carbonyl (C=O) groups excluding carboxylic acids is 1. The van der Waals surface area contributed by atoms with Gasteiger partial charge < -0.3 is 20.5 Å². The van der Waals surface area contributed by atoms with E-state index in [1.54, 1.807) is 12.3 Å². The van der Waals surface area contributed by atoms with E-state index in [1.807, 2.05) is 54.3 Å². The molecule has 1 aliphatic carbocycles. The van der Waals surface area contributed by atoms with Crippen LogP contribution >= 0.6 is 0 Å². The maximum atomic E-state index is 13.2. The van der Waals surface area contributed by atoms with E-state index >= 15 is 0 Å². The zero-order chi connectivity index (χ0) is 26.1. The Kier molecular flexibility index (Phi) is 13.0. The van der Waals surface area contributed by atoms with E-state index in [1.165, 1.54) is 12.0 Å². The van der Waals surface area contributed by atoms with Gasteiger partial charge in [-0.25, -0.2) is 4.99 Å². The van der Waals surface area contributed by atoms with Gasteiger partial charge in [0.25, 0.3) is 0 Å². The zero-order valence-electron chi connectivity index (χ0n) is 23.0. The Morgan fingerprint density at radius 2 is 1.78 bits per heavy atom. The number of benzene rings is 2. The van der Waals surface area contributed by atoms with E-state index in [0.29, 0.717) is 23.1 Å². The predicted octanol–water partition coefficient (Wildman–Crippen LogP) is 4.54. The Labute approximate surface area is 264 Å². The monoisotopic (exact) mass is 524 g/mol. The molecule has 2 aromatic rings. The van der Waals surface area contributed by atoms with E-state index in [-0.39, 0.29) is 69.0 Å². The van der Waals surface area contributed by atoms with E-state index in [9.17, 15) is 4.79 Å². The second kappa shape index (κ2) is 15.4. The van der Waals surface area contributed by atoms with Crippen molar-refractivity contribution in [3.8, 4) is 0 Å².